The standard InChI is InChI=1S/C14H19NO3/c1-3-17-14(16)9(2)18-13-6-4-5-10-11(13)7-8-12(10)15/h4-6,9,12H,3,7-8,15H2,1-2H3. The number of hydrogen-bond donors (Lipinski definition) is 1. The summed E-state index contributed by atoms with van der Waals surface area (Å²) in [5, 5.41) is 0. The Balaban J connectivity index is 2.13. The van der Waals surface area contributed by atoms with Crippen molar-refractivity contribution in [1.82, 2.24) is 0 Å². The highest BCUT2D eigenvalue weighted by Gasteiger charge is 2.24. The quantitative estimate of drug-likeness (QED) is 0.829. The molecule has 0 amide bonds. The molecule has 98 valence electrons. The number of nitrogens with two attached hydrogens (primary N) is 1. The van der Waals surface area contributed by atoms with Crippen LogP contribution >= 0.6 is 0 Å². The Kier molecular flexibility index (Phi) is 3.87. The zero-order valence-corrected chi connectivity index (χ0v) is 10.8. The first-order valence-electron chi connectivity index (χ1n) is 6.34. The number of benzene rings is 1. The summed E-state index contributed by atoms with van der Waals surface area (Å²) in [5.74, 6) is 0.415. The van der Waals surface area contributed by atoms with Crippen molar-refractivity contribution >= 4 is 5.97 Å². The zero-order valence-electron chi connectivity index (χ0n) is 10.8. The van der Waals surface area contributed by atoms with E-state index in [0.717, 1.165) is 29.7 Å². The van der Waals surface area contributed by atoms with Crippen LogP contribution < -0.4 is 10.5 Å². The number of hydrogen-bond acceptors (Lipinski definition) is 4. The summed E-state index contributed by atoms with van der Waals surface area (Å²) < 4.78 is 10.6. The van der Waals surface area contributed by atoms with Gasteiger partial charge in [0.15, 0.2) is 6.10 Å². The average Bonchev–Trinajstić information content (AvgIpc) is 2.73. The highest BCUT2D eigenvalue weighted by Crippen LogP contribution is 2.35. The van der Waals surface area contributed by atoms with E-state index < -0.39 is 6.10 Å². The smallest absolute Gasteiger partial charge is 0.347 e. The molecule has 1 aromatic rings. The Morgan fingerprint density at radius 3 is 3.06 bits per heavy atom. The van der Waals surface area contributed by atoms with E-state index in [0.29, 0.717) is 6.61 Å². The summed E-state index contributed by atoms with van der Waals surface area (Å²) in [6, 6.07) is 5.90. The Morgan fingerprint density at radius 2 is 2.33 bits per heavy atom. The van der Waals surface area contributed by atoms with E-state index in [9.17, 15) is 4.79 Å². The topological polar surface area (TPSA) is 61.5 Å². The van der Waals surface area contributed by atoms with Gasteiger partial charge in [0, 0.05) is 6.04 Å². The Morgan fingerprint density at radius 1 is 1.56 bits per heavy atom. The number of rotatable bonds is 4. The molecule has 0 radical (unpaired) electrons. The van der Waals surface area contributed by atoms with E-state index >= 15 is 0 Å². The molecule has 0 saturated heterocycles. The molecule has 0 fully saturated rings. The van der Waals surface area contributed by atoms with Gasteiger partial charge in [0.05, 0.1) is 6.61 Å². The van der Waals surface area contributed by atoms with E-state index in [-0.39, 0.29) is 12.0 Å². The van der Waals surface area contributed by atoms with Crippen molar-refractivity contribution < 1.29 is 14.3 Å². The van der Waals surface area contributed by atoms with Gasteiger partial charge in [0.1, 0.15) is 5.75 Å². The van der Waals surface area contributed by atoms with Crippen LogP contribution in [0.1, 0.15) is 37.4 Å². The maximum Gasteiger partial charge on any atom is 0.347 e. The average molecular weight is 249 g/mol. The molecule has 1 aromatic carbocycles. The number of carbonyl (C=O) groups is 1. The summed E-state index contributed by atoms with van der Waals surface area (Å²) in [4.78, 5) is 11.5. The number of esters is 1. The van der Waals surface area contributed by atoms with Crippen LogP contribution in [0.25, 0.3) is 0 Å². The van der Waals surface area contributed by atoms with Crippen LogP contribution in [0.15, 0.2) is 18.2 Å². The van der Waals surface area contributed by atoms with Crippen LogP contribution in [0.2, 0.25) is 0 Å². The van der Waals surface area contributed by atoms with Gasteiger partial charge < -0.3 is 15.2 Å². The molecule has 0 saturated carbocycles. The second-order valence-corrected chi connectivity index (χ2v) is 4.48. The zero-order chi connectivity index (χ0) is 13.1. The van der Waals surface area contributed by atoms with Crippen molar-refractivity contribution in [2.24, 2.45) is 5.73 Å². The van der Waals surface area contributed by atoms with Gasteiger partial charge in [-0.2, -0.15) is 0 Å². The van der Waals surface area contributed by atoms with E-state index in [2.05, 4.69) is 0 Å². The Bertz CT molecular complexity index is 445. The van der Waals surface area contributed by atoms with Crippen LogP contribution in [-0.4, -0.2) is 18.7 Å². The molecule has 1 aliphatic rings. The monoisotopic (exact) mass is 249 g/mol. The fourth-order valence-electron chi connectivity index (χ4n) is 2.26. The van der Waals surface area contributed by atoms with Crippen molar-refractivity contribution in [3.05, 3.63) is 29.3 Å². The lowest BCUT2D eigenvalue weighted by Gasteiger charge is -2.16. The summed E-state index contributed by atoms with van der Waals surface area (Å²) in [6.45, 7) is 3.85. The molecular weight excluding hydrogens is 230 g/mol. The van der Waals surface area contributed by atoms with Crippen LogP contribution in [0.5, 0.6) is 5.75 Å². The third-order valence-electron chi connectivity index (χ3n) is 3.20. The van der Waals surface area contributed by atoms with Gasteiger partial charge in [-0.25, -0.2) is 4.79 Å². The minimum atomic E-state index is -0.590. The molecule has 2 unspecified atom stereocenters. The second-order valence-electron chi connectivity index (χ2n) is 4.48. The van der Waals surface area contributed by atoms with Gasteiger partial charge in [-0.15, -0.1) is 0 Å². The van der Waals surface area contributed by atoms with Gasteiger partial charge in [-0.3, -0.25) is 0 Å². The van der Waals surface area contributed by atoms with E-state index in [4.69, 9.17) is 15.2 Å². The summed E-state index contributed by atoms with van der Waals surface area (Å²) >= 11 is 0. The maximum atomic E-state index is 11.5. The van der Waals surface area contributed by atoms with E-state index in [1.54, 1.807) is 13.8 Å². The van der Waals surface area contributed by atoms with Crippen molar-refractivity contribution in [1.29, 1.82) is 0 Å². The molecule has 4 nitrogen and oxygen atoms in total. The van der Waals surface area contributed by atoms with Crippen LogP contribution in [-0.2, 0) is 16.0 Å². The van der Waals surface area contributed by atoms with Crippen LogP contribution in [0, 0.1) is 0 Å². The first-order chi connectivity index (χ1) is 8.63. The number of carbonyl (C=O) groups excluding carboxylic acids is 1. The molecule has 2 atom stereocenters. The fraction of sp³-hybridized carbons (Fsp3) is 0.500. The van der Waals surface area contributed by atoms with Crippen molar-refractivity contribution in [2.45, 2.75) is 38.8 Å². The molecule has 0 heterocycles. The van der Waals surface area contributed by atoms with Gasteiger partial charge in [0.2, 0.25) is 0 Å². The number of ether oxygens (including phenoxy) is 2. The summed E-state index contributed by atoms with van der Waals surface area (Å²) in [7, 11) is 0. The first kappa shape index (κ1) is 12.9. The molecule has 1 aliphatic carbocycles. The van der Waals surface area contributed by atoms with Gasteiger partial charge in [-0.05, 0) is 43.9 Å². The first-order valence-corrected chi connectivity index (χ1v) is 6.34. The molecular formula is C14H19NO3. The predicted molar refractivity (Wildman–Crippen MR) is 68.4 cm³/mol. The van der Waals surface area contributed by atoms with Gasteiger partial charge >= 0.3 is 5.97 Å². The van der Waals surface area contributed by atoms with Crippen LogP contribution in [0.4, 0.5) is 0 Å². The third-order valence-corrected chi connectivity index (χ3v) is 3.20. The fourth-order valence-corrected chi connectivity index (χ4v) is 2.26. The molecule has 18 heavy (non-hydrogen) atoms. The maximum absolute atomic E-state index is 11.5. The van der Waals surface area contributed by atoms with Crippen molar-refractivity contribution in [2.75, 3.05) is 6.61 Å². The highest BCUT2D eigenvalue weighted by molar-refractivity contribution is 5.74. The molecule has 2 N–H and O–H groups in total. The third kappa shape index (κ3) is 2.48. The predicted octanol–water partition coefficient (Wildman–Crippen LogP) is 1.96. The second kappa shape index (κ2) is 5.40. The minimum Gasteiger partial charge on any atom is -0.479 e. The molecule has 0 spiro atoms. The van der Waals surface area contributed by atoms with Crippen molar-refractivity contribution in [3.63, 3.8) is 0 Å². The molecule has 0 aromatic heterocycles. The lowest BCUT2D eigenvalue weighted by atomic mass is 10.1. The largest absolute Gasteiger partial charge is 0.479 e. The van der Waals surface area contributed by atoms with E-state index in [1.165, 1.54) is 0 Å². The van der Waals surface area contributed by atoms with Crippen molar-refractivity contribution in [3.8, 4) is 5.75 Å². The summed E-state index contributed by atoms with van der Waals surface area (Å²) in [6.07, 6.45) is 1.25. The lowest BCUT2D eigenvalue weighted by molar-refractivity contribution is -0.150. The lowest BCUT2D eigenvalue weighted by Crippen LogP contribution is -2.26. The molecule has 0 aliphatic heterocycles. The SMILES string of the molecule is CCOC(=O)C(C)Oc1cccc2c1CCC2N. The normalized spacial score (nSPS) is 19.2. The molecule has 2 rings (SSSR count). The van der Waals surface area contributed by atoms with E-state index in [1.807, 2.05) is 18.2 Å². The number of fused-ring (bicyclic) bond motifs is 1. The highest BCUT2D eigenvalue weighted by atomic mass is 16.6. The minimum absolute atomic E-state index is 0.0847. The molecule has 4 heteroatoms. The van der Waals surface area contributed by atoms with Crippen LogP contribution in [0.3, 0.4) is 0 Å². The molecule has 0 bridgehead atoms. The summed E-state index contributed by atoms with van der Waals surface area (Å²) in [5.41, 5.74) is 8.26. The Hall–Kier alpha value is -1.55. The Labute approximate surface area is 107 Å². The van der Waals surface area contributed by atoms with Gasteiger partial charge in [-0.1, -0.05) is 12.1 Å². The van der Waals surface area contributed by atoms with Gasteiger partial charge in [0.25, 0.3) is 0 Å².